The van der Waals surface area contributed by atoms with Crippen LogP contribution in [0.3, 0.4) is 0 Å². The molecule has 420 valence electrons. The van der Waals surface area contributed by atoms with Gasteiger partial charge in [-0.25, -0.2) is 4.79 Å². The summed E-state index contributed by atoms with van der Waals surface area (Å²) in [7, 11) is 0. The van der Waals surface area contributed by atoms with Gasteiger partial charge in [0.05, 0.1) is 18.6 Å². The lowest BCUT2D eigenvalue weighted by Crippen LogP contribution is -2.62. The average Bonchev–Trinajstić information content (AvgIpc) is 3.83. The highest BCUT2D eigenvalue weighted by molar-refractivity contribution is 7.98. The van der Waals surface area contributed by atoms with E-state index >= 15 is 0 Å². The van der Waals surface area contributed by atoms with Crippen LogP contribution in [0.5, 0.6) is 0 Å². The number of nitrogens with two attached hydrogens (primary N) is 3. The number of hydrogen-bond donors (Lipinski definition) is 12. The highest BCUT2D eigenvalue weighted by atomic mass is 32.2. The van der Waals surface area contributed by atoms with Crippen molar-refractivity contribution >= 4 is 76.8 Å². The predicted molar refractivity (Wildman–Crippen MR) is 279 cm³/mol. The van der Waals surface area contributed by atoms with Crippen LogP contribution in [0.2, 0.25) is 0 Å². The summed E-state index contributed by atoms with van der Waals surface area (Å²) in [5.74, 6) is -10.2. The Morgan fingerprint density at radius 2 is 1.21 bits per heavy atom. The minimum Gasteiger partial charge on any atom is -0.480 e. The van der Waals surface area contributed by atoms with E-state index in [0.717, 1.165) is 6.92 Å². The summed E-state index contributed by atoms with van der Waals surface area (Å²) >= 11 is 1.34. The molecule has 0 bridgehead atoms. The quantitative estimate of drug-likeness (QED) is 0.0379. The van der Waals surface area contributed by atoms with Gasteiger partial charge in [-0.1, -0.05) is 78.3 Å². The van der Waals surface area contributed by atoms with Crippen LogP contribution < -0.4 is 54.4 Å². The van der Waals surface area contributed by atoms with Crippen molar-refractivity contribution in [1.82, 2.24) is 42.1 Å². The lowest BCUT2D eigenvalue weighted by Gasteiger charge is -2.31. The monoisotopic (exact) mass is 1080 g/mol. The topological polar surface area (TPSA) is 394 Å². The highest BCUT2D eigenvalue weighted by Gasteiger charge is 2.41. The van der Waals surface area contributed by atoms with Crippen molar-refractivity contribution in [2.24, 2.45) is 35.0 Å². The van der Waals surface area contributed by atoms with Crippen molar-refractivity contribution in [1.29, 1.82) is 0 Å². The van der Waals surface area contributed by atoms with Crippen LogP contribution >= 0.6 is 11.8 Å². The number of carboxylic acids is 1. The number of thioether (sulfide) groups is 1. The van der Waals surface area contributed by atoms with E-state index in [1.165, 1.54) is 16.7 Å². The zero-order valence-electron chi connectivity index (χ0n) is 44.4. The predicted octanol–water partition coefficient (Wildman–Crippen LogP) is -1.56. The maximum atomic E-state index is 14.4. The third-order valence-corrected chi connectivity index (χ3v) is 13.2. The van der Waals surface area contributed by atoms with E-state index in [2.05, 4.69) is 37.2 Å². The molecule has 1 aromatic carbocycles. The summed E-state index contributed by atoms with van der Waals surface area (Å²) in [4.78, 5) is 148. The summed E-state index contributed by atoms with van der Waals surface area (Å²) in [6.45, 7) is 11.9. The van der Waals surface area contributed by atoms with Gasteiger partial charge in [0, 0.05) is 19.4 Å². The molecule has 1 aliphatic rings. The summed E-state index contributed by atoms with van der Waals surface area (Å²) < 4.78 is 0. The molecule has 11 atom stereocenters. The molecule has 10 amide bonds. The molecule has 1 aromatic rings. The number of nitrogens with one attached hydrogen (secondary N) is 7. The van der Waals surface area contributed by atoms with Gasteiger partial charge in [0.1, 0.15) is 48.3 Å². The van der Waals surface area contributed by atoms with E-state index in [1.54, 1.807) is 64.3 Å². The second kappa shape index (κ2) is 32.2. The molecule has 0 unspecified atom stereocenters. The van der Waals surface area contributed by atoms with E-state index in [-0.39, 0.29) is 63.3 Å². The fraction of sp³-hybridized carbons (Fsp3) is 0.660. The lowest BCUT2D eigenvalue weighted by molar-refractivity contribution is -0.144. The van der Waals surface area contributed by atoms with Gasteiger partial charge in [-0.2, -0.15) is 11.8 Å². The number of nitrogens with zero attached hydrogens (tertiary/aromatic N) is 1. The lowest BCUT2D eigenvalue weighted by atomic mass is 9.98. The molecule has 0 spiro atoms. The Labute approximate surface area is 443 Å². The van der Waals surface area contributed by atoms with Gasteiger partial charge >= 0.3 is 5.97 Å². The first kappa shape index (κ1) is 64.8. The van der Waals surface area contributed by atoms with Crippen molar-refractivity contribution in [2.75, 3.05) is 18.6 Å². The van der Waals surface area contributed by atoms with Crippen LogP contribution in [-0.2, 0) is 59.2 Å². The first-order valence-electron chi connectivity index (χ1n) is 25.4. The summed E-state index contributed by atoms with van der Waals surface area (Å²) in [5.41, 5.74) is 17.5. The van der Waals surface area contributed by atoms with Crippen molar-refractivity contribution in [3.8, 4) is 0 Å². The number of rotatable bonds is 33. The minimum absolute atomic E-state index is 0.00427. The van der Waals surface area contributed by atoms with Crippen LogP contribution in [0.15, 0.2) is 30.3 Å². The van der Waals surface area contributed by atoms with Gasteiger partial charge in [0.25, 0.3) is 0 Å². The van der Waals surface area contributed by atoms with E-state index in [9.17, 15) is 63.0 Å². The molecule has 15 N–H and O–H groups in total. The highest BCUT2D eigenvalue weighted by Crippen LogP contribution is 2.21. The Balaban J connectivity index is 2.37. The summed E-state index contributed by atoms with van der Waals surface area (Å²) in [6, 6.07) is -3.46. The first-order valence-corrected chi connectivity index (χ1v) is 26.8. The van der Waals surface area contributed by atoms with Crippen molar-refractivity contribution in [2.45, 2.75) is 173 Å². The number of primary amides is 2. The van der Waals surface area contributed by atoms with Crippen molar-refractivity contribution < 1.29 is 63.0 Å². The second-order valence-corrected chi connectivity index (χ2v) is 20.9. The number of benzene rings is 1. The van der Waals surface area contributed by atoms with E-state index in [0.29, 0.717) is 24.2 Å². The minimum atomic E-state index is -1.80. The van der Waals surface area contributed by atoms with E-state index in [4.69, 9.17) is 17.2 Å². The molecule has 1 aliphatic heterocycles. The molecular weight excluding hydrogens is 995 g/mol. The SMILES string of the molecule is CC[C@H](C)[C@H](NC(=O)[C@H](Cc1ccccc1)NC(=O)[C@@H]1CCCN1C(=O)[C@H](CCSC)NC(=O)[C@H](CC(N)=O)NC(=O)[C@@H](NC(=O)[C@H](CC(C)C)NC(=O)[C@H](CCC(N)=O)NC(=O)[C@@H](N)CC(C)C)[C@@H](C)O)C(=O)O. The third kappa shape index (κ3) is 22.2. The van der Waals surface area contributed by atoms with Crippen LogP contribution in [0.1, 0.15) is 112 Å². The Hall–Kier alpha value is -6.34. The Bertz CT molecular complexity index is 2130. The largest absolute Gasteiger partial charge is 0.480 e. The molecule has 1 fully saturated rings. The molecule has 25 heteroatoms. The first-order chi connectivity index (χ1) is 35.2. The molecule has 0 saturated carbocycles. The van der Waals surface area contributed by atoms with E-state index < -0.39 is 138 Å². The standard InChI is InChI=1S/C50H81N11O13S/c1-9-28(6)40(50(73)74)59-46(69)35(24-30-14-11-10-12-15-30)57-47(70)37-16-13-20-61(37)49(72)33(19-21-75-8)55-44(67)36(25-39(53)64)58-48(71)41(29(7)62)60-45(68)34(23-27(4)5)56-43(66)32(17-18-38(52)63)54-42(65)31(51)22-26(2)3/h10-12,14-15,26-29,31-37,40-41,62H,9,13,16-25,51H2,1-8H3,(H2,52,63)(H2,53,64)(H,54,65)(H,55,67)(H,56,66)(H,57,70)(H,58,71)(H,59,69)(H,60,68)(H,73,74)/t28-,29+,31-,32-,33-,34-,35-,36-,37-,40-,41-/m0/s1. The molecule has 1 saturated heterocycles. The molecular formula is C50H81N11O13S. The molecule has 0 aliphatic carbocycles. The normalized spacial score (nSPS) is 17.3. The van der Waals surface area contributed by atoms with Gasteiger partial charge in [0.2, 0.25) is 59.1 Å². The zero-order valence-corrected chi connectivity index (χ0v) is 45.2. The van der Waals surface area contributed by atoms with Gasteiger partial charge in [-0.15, -0.1) is 0 Å². The smallest absolute Gasteiger partial charge is 0.326 e. The number of aliphatic hydroxyl groups is 1. The molecule has 1 heterocycles. The average molecular weight is 1080 g/mol. The van der Waals surface area contributed by atoms with Gasteiger partial charge in [-0.3, -0.25) is 47.9 Å². The number of carbonyl (C=O) groups is 11. The van der Waals surface area contributed by atoms with Crippen molar-refractivity contribution in [3.63, 3.8) is 0 Å². The third-order valence-electron chi connectivity index (χ3n) is 12.6. The van der Waals surface area contributed by atoms with Crippen LogP contribution in [-0.4, -0.2) is 159 Å². The molecule has 24 nitrogen and oxygen atoms in total. The van der Waals surface area contributed by atoms with Gasteiger partial charge in [0.15, 0.2) is 0 Å². The van der Waals surface area contributed by atoms with Gasteiger partial charge in [-0.05, 0) is 80.8 Å². The Morgan fingerprint density at radius 1 is 0.667 bits per heavy atom. The number of aliphatic hydroxyl groups excluding tert-OH is 1. The van der Waals surface area contributed by atoms with Crippen molar-refractivity contribution in [3.05, 3.63) is 35.9 Å². The maximum Gasteiger partial charge on any atom is 0.326 e. The number of likely N-dealkylation sites (tertiary alicyclic amines) is 1. The summed E-state index contributed by atoms with van der Waals surface area (Å²) in [5, 5.41) is 38.4. The zero-order chi connectivity index (χ0) is 56.7. The Kier molecular flexibility index (Phi) is 27.8. The summed E-state index contributed by atoms with van der Waals surface area (Å²) in [6.07, 6.45) is 0.0615. The maximum absolute atomic E-state index is 14.4. The number of amides is 10. The fourth-order valence-electron chi connectivity index (χ4n) is 8.29. The van der Waals surface area contributed by atoms with Crippen LogP contribution in [0.4, 0.5) is 0 Å². The second-order valence-electron chi connectivity index (χ2n) is 19.9. The Morgan fingerprint density at radius 3 is 1.76 bits per heavy atom. The number of carboxylic acid groups (broad SMARTS) is 1. The molecule has 0 radical (unpaired) electrons. The molecule has 75 heavy (non-hydrogen) atoms. The van der Waals surface area contributed by atoms with E-state index in [1.807, 2.05) is 13.8 Å². The fourth-order valence-corrected chi connectivity index (χ4v) is 8.76. The van der Waals surface area contributed by atoms with Crippen LogP contribution in [0, 0.1) is 17.8 Å². The number of aliphatic carboxylic acids is 1. The molecule has 0 aromatic heterocycles. The number of carbonyl (C=O) groups excluding carboxylic acids is 10. The molecule has 2 rings (SSSR count). The van der Waals surface area contributed by atoms with Crippen LogP contribution in [0.25, 0.3) is 0 Å². The number of hydrogen-bond acceptors (Lipinski definition) is 14. The van der Waals surface area contributed by atoms with Gasteiger partial charge < -0.3 is 69.5 Å².